The van der Waals surface area contributed by atoms with Gasteiger partial charge in [-0.3, -0.25) is 9.98 Å². The number of aliphatic imine (C=N–C) groups is 2. The van der Waals surface area contributed by atoms with E-state index in [9.17, 15) is 0 Å². The SMILES string of the molecule is CC1=CC(=NC2CCCCC2)C(C)=CC1=NC1CCCCC1. The first-order valence-electron chi connectivity index (χ1n) is 9.25. The fraction of sp³-hybridized carbons (Fsp3) is 0.700. The van der Waals surface area contributed by atoms with Gasteiger partial charge in [0.05, 0.1) is 23.5 Å². The standard InChI is InChI=1S/C20H30N2/c1-15-13-20(22-18-11-7-4-8-12-18)16(2)14-19(15)21-17-9-5-3-6-10-17/h13-14,17-18H,3-12H2,1-2H3. The van der Waals surface area contributed by atoms with E-state index in [4.69, 9.17) is 9.98 Å². The highest BCUT2D eigenvalue weighted by molar-refractivity contribution is 6.23. The van der Waals surface area contributed by atoms with Crippen LogP contribution >= 0.6 is 0 Å². The molecule has 3 aliphatic carbocycles. The smallest absolute Gasteiger partial charge is 0.0611 e. The molecular formula is C20H30N2. The maximum absolute atomic E-state index is 5.02. The first kappa shape index (κ1) is 15.7. The van der Waals surface area contributed by atoms with Crippen LogP contribution in [0.25, 0.3) is 0 Å². The molecule has 0 N–H and O–H groups in total. The van der Waals surface area contributed by atoms with Crippen molar-refractivity contribution in [1.29, 1.82) is 0 Å². The zero-order valence-corrected chi connectivity index (χ0v) is 14.3. The molecular weight excluding hydrogens is 268 g/mol. The van der Waals surface area contributed by atoms with Crippen molar-refractivity contribution in [2.75, 3.05) is 0 Å². The van der Waals surface area contributed by atoms with Crippen LogP contribution in [0, 0.1) is 0 Å². The van der Waals surface area contributed by atoms with Crippen molar-refractivity contribution in [2.24, 2.45) is 9.98 Å². The monoisotopic (exact) mass is 298 g/mol. The topological polar surface area (TPSA) is 24.7 Å². The second-order valence-electron chi connectivity index (χ2n) is 7.27. The lowest BCUT2D eigenvalue weighted by molar-refractivity contribution is 0.443. The van der Waals surface area contributed by atoms with Gasteiger partial charge in [-0.15, -0.1) is 0 Å². The highest BCUT2D eigenvalue weighted by atomic mass is 14.8. The van der Waals surface area contributed by atoms with Crippen LogP contribution in [0.2, 0.25) is 0 Å². The van der Waals surface area contributed by atoms with E-state index < -0.39 is 0 Å². The van der Waals surface area contributed by atoms with Crippen molar-refractivity contribution < 1.29 is 0 Å². The number of nitrogens with zero attached hydrogens (tertiary/aromatic N) is 2. The van der Waals surface area contributed by atoms with Crippen molar-refractivity contribution >= 4 is 11.4 Å². The Morgan fingerprint density at radius 1 is 0.636 bits per heavy atom. The predicted octanol–water partition coefficient (Wildman–Crippen LogP) is 5.44. The number of rotatable bonds is 2. The first-order chi connectivity index (χ1) is 10.7. The van der Waals surface area contributed by atoms with Gasteiger partial charge in [-0.25, -0.2) is 0 Å². The lowest BCUT2D eigenvalue weighted by atomic mass is 9.93. The quantitative estimate of drug-likeness (QED) is 0.606. The number of allylic oxidation sites excluding steroid dienone is 4. The highest BCUT2D eigenvalue weighted by Gasteiger charge is 2.18. The summed E-state index contributed by atoms with van der Waals surface area (Å²) >= 11 is 0. The Morgan fingerprint density at radius 2 is 1.00 bits per heavy atom. The van der Waals surface area contributed by atoms with Crippen LogP contribution in [0.3, 0.4) is 0 Å². The van der Waals surface area contributed by atoms with Gasteiger partial charge in [-0.1, -0.05) is 38.5 Å². The Labute approximate surface area is 135 Å². The van der Waals surface area contributed by atoms with Gasteiger partial charge < -0.3 is 0 Å². The van der Waals surface area contributed by atoms with Crippen LogP contribution in [0.5, 0.6) is 0 Å². The summed E-state index contributed by atoms with van der Waals surface area (Å²) in [4.78, 5) is 10.0. The third-order valence-corrected chi connectivity index (χ3v) is 5.31. The molecule has 0 radical (unpaired) electrons. The van der Waals surface area contributed by atoms with Gasteiger partial charge in [-0.2, -0.15) is 0 Å². The van der Waals surface area contributed by atoms with Crippen LogP contribution in [0.4, 0.5) is 0 Å². The first-order valence-corrected chi connectivity index (χ1v) is 9.25. The van der Waals surface area contributed by atoms with Gasteiger partial charge in [0.25, 0.3) is 0 Å². The summed E-state index contributed by atoms with van der Waals surface area (Å²) < 4.78 is 0. The average Bonchev–Trinajstić information content (AvgIpc) is 2.54. The van der Waals surface area contributed by atoms with Crippen molar-refractivity contribution in [3.63, 3.8) is 0 Å². The van der Waals surface area contributed by atoms with Crippen molar-refractivity contribution in [3.05, 3.63) is 23.3 Å². The van der Waals surface area contributed by atoms with Crippen molar-refractivity contribution in [3.8, 4) is 0 Å². The van der Waals surface area contributed by atoms with E-state index >= 15 is 0 Å². The summed E-state index contributed by atoms with van der Waals surface area (Å²) in [6.45, 7) is 4.39. The second-order valence-corrected chi connectivity index (χ2v) is 7.27. The largest absolute Gasteiger partial charge is 0.282 e. The Kier molecular flexibility index (Phi) is 5.28. The van der Waals surface area contributed by atoms with Gasteiger partial charge >= 0.3 is 0 Å². The molecule has 120 valence electrons. The van der Waals surface area contributed by atoms with Crippen molar-refractivity contribution in [2.45, 2.75) is 90.1 Å². The van der Waals surface area contributed by atoms with E-state index in [2.05, 4.69) is 26.0 Å². The zero-order valence-electron chi connectivity index (χ0n) is 14.3. The summed E-state index contributed by atoms with van der Waals surface area (Å²) in [5.74, 6) is 0. The van der Waals surface area contributed by atoms with Crippen molar-refractivity contribution in [1.82, 2.24) is 0 Å². The van der Waals surface area contributed by atoms with E-state index in [0.717, 1.165) is 0 Å². The molecule has 2 nitrogen and oxygen atoms in total. The number of hydrogen-bond donors (Lipinski definition) is 0. The summed E-state index contributed by atoms with van der Waals surface area (Å²) in [5.41, 5.74) is 5.00. The molecule has 0 aromatic heterocycles. The van der Waals surface area contributed by atoms with Crippen LogP contribution < -0.4 is 0 Å². The molecule has 0 atom stereocenters. The molecule has 0 aliphatic heterocycles. The van der Waals surface area contributed by atoms with Gasteiger partial charge in [0.15, 0.2) is 0 Å². The lowest BCUT2D eigenvalue weighted by Crippen LogP contribution is -2.18. The van der Waals surface area contributed by atoms with Crippen LogP contribution in [0.1, 0.15) is 78.1 Å². The van der Waals surface area contributed by atoms with Gasteiger partial charge in [0.2, 0.25) is 0 Å². The van der Waals surface area contributed by atoms with E-state index in [1.165, 1.54) is 86.8 Å². The van der Waals surface area contributed by atoms with E-state index in [1.807, 2.05) is 0 Å². The molecule has 2 saturated carbocycles. The maximum Gasteiger partial charge on any atom is 0.0611 e. The molecule has 22 heavy (non-hydrogen) atoms. The van der Waals surface area contributed by atoms with E-state index in [-0.39, 0.29) is 0 Å². The van der Waals surface area contributed by atoms with Crippen LogP contribution in [-0.2, 0) is 0 Å². The molecule has 0 bridgehead atoms. The summed E-state index contributed by atoms with van der Waals surface area (Å²) in [5, 5.41) is 0. The molecule has 0 saturated heterocycles. The minimum atomic E-state index is 0.549. The Balaban J connectivity index is 1.74. The molecule has 0 aromatic carbocycles. The fourth-order valence-electron chi connectivity index (χ4n) is 3.88. The normalized spacial score (nSPS) is 28.8. The Hall–Kier alpha value is -1.18. The zero-order chi connectivity index (χ0) is 15.4. The summed E-state index contributed by atoms with van der Waals surface area (Å²) in [7, 11) is 0. The second kappa shape index (κ2) is 7.39. The fourth-order valence-corrected chi connectivity index (χ4v) is 3.88. The third kappa shape index (κ3) is 3.97. The Bertz CT molecular complexity index is 462. The molecule has 0 amide bonds. The molecule has 0 unspecified atom stereocenters. The van der Waals surface area contributed by atoms with Gasteiger partial charge in [-0.05, 0) is 62.8 Å². The molecule has 0 aromatic rings. The predicted molar refractivity (Wildman–Crippen MR) is 96.1 cm³/mol. The molecule has 0 heterocycles. The molecule has 2 heteroatoms. The molecule has 0 spiro atoms. The molecule has 3 rings (SSSR count). The van der Waals surface area contributed by atoms with Crippen LogP contribution in [0.15, 0.2) is 33.3 Å². The molecule has 3 aliphatic rings. The number of hydrogen-bond acceptors (Lipinski definition) is 2. The highest BCUT2D eigenvalue weighted by Crippen LogP contribution is 2.25. The van der Waals surface area contributed by atoms with E-state index in [1.54, 1.807) is 0 Å². The lowest BCUT2D eigenvalue weighted by Gasteiger charge is -2.22. The minimum absolute atomic E-state index is 0.549. The summed E-state index contributed by atoms with van der Waals surface area (Å²) in [6.07, 6.45) is 17.8. The average molecular weight is 298 g/mol. The van der Waals surface area contributed by atoms with Crippen LogP contribution in [-0.4, -0.2) is 23.5 Å². The minimum Gasteiger partial charge on any atom is -0.282 e. The molecule has 2 fully saturated rings. The van der Waals surface area contributed by atoms with E-state index in [0.29, 0.717) is 12.1 Å². The van der Waals surface area contributed by atoms with Gasteiger partial charge in [0, 0.05) is 0 Å². The third-order valence-electron chi connectivity index (χ3n) is 5.31. The maximum atomic E-state index is 5.02. The summed E-state index contributed by atoms with van der Waals surface area (Å²) in [6, 6.07) is 1.10. The Morgan fingerprint density at radius 3 is 1.36 bits per heavy atom. The van der Waals surface area contributed by atoms with Gasteiger partial charge in [0.1, 0.15) is 0 Å².